The Morgan fingerprint density at radius 2 is 1.93 bits per heavy atom. The molecule has 0 aromatic heterocycles. The Labute approximate surface area is 94.1 Å². The summed E-state index contributed by atoms with van der Waals surface area (Å²) in [5, 5.41) is 19.6. The standard InChI is InChI=1S/C12H12ClNO/c13-10-5-3-9(4-6-10)12(15)11(7-14)8-1-2-8/h3-6,8,11-12,15H,1-2H2. The second-order valence-electron chi connectivity index (χ2n) is 3.99. The normalized spacial score (nSPS) is 19.3. The summed E-state index contributed by atoms with van der Waals surface area (Å²) in [5.41, 5.74) is 0.776. The van der Waals surface area contributed by atoms with Crippen LogP contribution in [0.15, 0.2) is 24.3 Å². The molecule has 1 saturated carbocycles. The summed E-state index contributed by atoms with van der Waals surface area (Å²) in [4.78, 5) is 0. The quantitative estimate of drug-likeness (QED) is 0.853. The van der Waals surface area contributed by atoms with Crippen LogP contribution in [0.5, 0.6) is 0 Å². The molecule has 0 amide bonds. The lowest BCUT2D eigenvalue weighted by Crippen LogP contribution is -2.12. The maximum atomic E-state index is 10.0. The molecule has 15 heavy (non-hydrogen) atoms. The smallest absolute Gasteiger partial charge is 0.0950 e. The van der Waals surface area contributed by atoms with Gasteiger partial charge in [-0.2, -0.15) is 5.26 Å². The zero-order valence-corrected chi connectivity index (χ0v) is 8.98. The van der Waals surface area contributed by atoms with Crippen LogP contribution in [0.4, 0.5) is 0 Å². The van der Waals surface area contributed by atoms with E-state index in [2.05, 4.69) is 6.07 Å². The molecule has 0 saturated heterocycles. The Morgan fingerprint density at radius 3 is 2.40 bits per heavy atom. The van der Waals surface area contributed by atoms with Gasteiger partial charge in [0.25, 0.3) is 0 Å². The van der Waals surface area contributed by atoms with Gasteiger partial charge in [-0.3, -0.25) is 0 Å². The lowest BCUT2D eigenvalue weighted by molar-refractivity contribution is 0.124. The molecule has 1 aromatic rings. The zero-order chi connectivity index (χ0) is 10.8. The lowest BCUT2D eigenvalue weighted by Gasteiger charge is -2.16. The summed E-state index contributed by atoms with van der Waals surface area (Å²) in [6.07, 6.45) is 1.44. The Kier molecular flexibility index (Phi) is 2.95. The van der Waals surface area contributed by atoms with Gasteiger partial charge in [-0.25, -0.2) is 0 Å². The van der Waals surface area contributed by atoms with Gasteiger partial charge in [0.15, 0.2) is 0 Å². The van der Waals surface area contributed by atoms with Gasteiger partial charge in [0.1, 0.15) is 0 Å². The zero-order valence-electron chi connectivity index (χ0n) is 8.23. The summed E-state index contributed by atoms with van der Waals surface area (Å²) in [6.45, 7) is 0. The molecule has 0 bridgehead atoms. The Hall–Kier alpha value is -1.04. The average molecular weight is 222 g/mol. The van der Waals surface area contributed by atoms with Crippen molar-refractivity contribution in [2.45, 2.75) is 18.9 Å². The van der Waals surface area contributed by atoms with E-state index in [0.29, 0.717) is 10.9 Å². The first kappa shape index (κ1) is 10.5. The molecular weight excluding hydrogens is 210 g/mol. The van der Waals surface area contributed by atoms with Crippen molar-refractivity contribution in [3.63, 3.8) is 0 Å². The minimum Gasteiger partial charge on any atom is -0.387 e. The molecule has 78 valence electrons. The summed E-state index contributed by atoms with van der Waals surface area (Å²) in [7, 11) is 0. The van der Waals surface area contributed by atoms with Gasteiger partial charge in [-0.15, -0.1) is 0 Å². The highest BCUT2D eigenvalue weighted by Gasteiger charge is 2.36. The summed E-state index contributed by atoms with van der Waals surface area (Å²) in [5.74, 6) is 0.104. The van der Waals surface area contributed by atoms with E-state index in [4.69, 9.17) is 16.9 Å². The predicted molar refractivity (Wildman–Crippen MR) is 58.2 cm³/mol. The first-order chi connectivity index (χ1) is 7.22. The van der Waals surface area contributed by atoms with Crippen molar-refractivity contribution in [1.82, 2.24) is 0 Å². The van der Waals surface area contributed by atoms with Gasteiger partial charge in [-0.1, -0.05) is 23.7 Å². The van der Waals surface area contributed by atoms with E-state index >= 15 is 0 Å². The molecule has 1 N–H and O–H groups in total. The van der Waals surface area contributed by atoms with Crippen LogP contribution in [0.1, 0.15) is 24.5 Å². The molecule has 1 aliphatic carbocycles. The average Bonchev–Trinajstić information content (AvgIpc) is 3.04. The number of nitrogens with zero attached hydrogens (tertiary/aromatic N) is 1. The third-order valence-corrected chi connectivity index (χ3v) is 3.08. The van der Waals surface area contributed by atoms with Gasteiger partial charge in [0, 0.05) is 5.02 Å². The molecule has 2 rings (SSSR count). The number of hydrogen-bond donors (Lipinski definition) is 1. The van der Waals surface area contributed by atoms with Gasteiger partial charge < -0.3 is 5.11 Å². The van der Waals surface area contributed by atoms with Crippen LogP contribution < -0.4 is 0 Å². The second kappa shape index (κ2) is 4.22. The third kappa shape index (κ3) is 2.31. The van der Waals surface area contributed by atoms with Gasteiger partial charge in [-0.05, 0) is 36.5 Å². The molecule has 1 fully saturated rings. The van der Waals surface area contributed by atoms with Gasteiger partial charge in [0.2, 0.25) is 0 Å². The Bertz CT molecular complexity index is 378. The van der Waals surface area contributed by atoms with Crippen LogP contribution in [0.2, 0.25) is 5.02 Å². The largest absolute Gasteiger partial charge is 0.387 e. The van der Waals surface area contributed by atoms with Crippen LogP contribution >= 0.6 is 11.6 Å². The molecule has 2 atom stereocenters. The summed E-state index contributed by atoms with van der Waals surface area (Å²) >= 11 is 5.76. The van der Waals surface area contributed by atoms with E-state index in [1.165, 1.54) is 0 Å². The van der Waals surface area contributed by atoms with E-state index in [1.807, 2.05) is 0 Å². The predicted octanol–water partition coefficient (Wildman–Crippen LogP) is 2.92. The molecule has 2 nitrogen and oxygen atoms in total. The van der Waals surface area contributed by atoms with Crippen molar-refractivity contribution in [3.8, 4) is 6.07 Å². The molecule has 1 aliphatic rings. The molecule has 1 aromatic carbocycles. The fourth-order valence-corrected chi connectivity index (χ4v) is 1.88. The maximum Gasteiger partial charge on any atom is 0.0950 e. The van der Waals surface area contributed by atoms with Crippen molar-refractivity contribution in [3.05, 3.63) is 34.9 Å². The monoisotopic (exact) mass is 221 g/mol. The number of aliphatic hydroxyl groups is 1. The van der Waals surface area contributed by atoms with E-state index in [9.17, 15) is 5.11 Å². The van der Waals surface area contributed by atoms with E-state index < -0.39 is 6.10 Å². The van der Waals surface area contributed by atoms with Crippen molar-refractivity contribution < 1.29 is 5.11 Å². The number of rotatable bonds is 3. The minimum atomic E-state index is -0.681. The number of nitriles is 1. The van der Waals surface area contributed by atoms with Gasteiger partial charge in [0.05, 0.1) is 18.1 Å². The fraction of sp³-hybridized carbons (Fsp3) is 0.417. The fourth-order valence-electron chi connectivity index (χ4n) is 1.76. The topological polar surface area (TPSA) is 44.0 Å². The molecule has 0 radical (unpaired) electrons. The van der Waals surface area contributed by atoms with E-state index in [1.54, 1.807) is 24.3 Å². The highest BCUT2D eigenvalue weighted by atomic mass is 35.5. The van der Waals surface area contributed by atoms with E-state index in [0.717, 1.165) is 18.4 Å². The molecule has 3 heteroatoms. The van der Waals surface area contributed by atoms with Crippen molar-refractivity contribution in [2.24, 2.45) is 11.8 Å². The number of hydrogen-bond acceptors (Lipinski definition) is 2. The van der Waals surface area contributed by atoms with E-state index in [-0.39, 0.29) is 5.92 Å². The number of aliphatic hydroxyl groups excluding tert-OH is 1. The maximum absolute atomic E-state index is 10.0. The highest BCUT2D eigenvalue weighted by molar-refractivity contribution is 6.30. The summed E-state index contributed by atoms with van der Waals surface area (Å²) in [6, 6.07) is 9.22. The second-order valence-corrected chi connectivity index (χ2v) is 4.43. The van der Waals surface area contributed by atoms with Crippen LogP contribution in [-0.2, 0) is 0 Å². The first-order valence-corrected chi connectivity index (χ1v) is 5.43. The van der Waals surface area contributed by atoms with Crippen LogP contribution in [0, 0.1) is 23.2 Å². The molecular formula is C12H12ClNO. The Balaban J connectivity index is 2.15. The number of halogens is 1. The third-order valence-electron chi connectivity index (χ3n) is 2.83. The van der Waals surface area contributed by atoms with Crippen molar-refractivity contribution >= 4 is 11.6 Å². The molecule has 0 heterocycles. The molecule has 2 unspecified atom stereocenters. The van der Waals surface area contributed by atoms with Crippen molar-refractivity contribution in [2.75, 3.05) is 0 Å². The first-order valence-electron chi connectivity index (χ1n) is 5.05. The minimum absolute atomic E-state index is 0.272. The Morgan fingerprint density at radius 1 is 1.33 bits per heavy atom. The van der Waals surface area contributed by atoms with Crippen molar-refractivity contribution in [1.29, 1.82) is 5.26 Å². The number of benzene rings is 1. The summed E-state index contributed by atoms with van der Waals surface area (Å²) < 4.78 is 0. The molecule has 0 aliphatic heterocycles. The van der Waals surface area contributed by atoms with Crippen LogP contribution in [0.3, 0.4) is 0 Å². The van der Waals surface area contributed by atoms with Crippen LogP contribution in [0.25, 0.3) is 0 Å². The van der Waals surface area contributed by atoms with Crippen LogP contribution in [-0.4, -0.2) is 5.11 Å². The van der Waals surface area contributed by atoms with Gasteiger partial charge >= 0.3 is 0 Å². The lowest BCUT2D eigenvalue weighted by atomic mass is 9.93. The molecule has 0 spiro atoms. The SMILES string of the molecule is N#CC(C1CC1)C(O)c1ccc(Cl)cc1. The highest BCUT2D eigenvalue weighted by Crippen LogP contribution is 2.42.